The number of nitrogens with zero attached hydrogens (tertiary/aromatic N) is 1. The molecular weight excluding hydrogens is 786 g/mol. The number of allylic oxidation sites excluding steroid dienone is 5. The summed E-state index contributed by atoms with van der Waals surface area (Å²) < 4.78 is 16.5. The maximum absolute atomic E-state index is 13.9. The molecule has 0 aliphatic heterocycles. The molecule has 0 unspecified atom stereocenters. The van der Waals surface area contributed by atoms with Crippen LogP contribution in [0.5, 0.6) is 0 Å². The first-order valence-corrected chi connectivity index (χ1v) is 23.5. The number of fused-ring (bicyclic) bond motifs is 7. The molecule has 0 N–H and O–H groups in total. The molecule has 0 atom stereocenters. The van der Waals surface area contributed by atoms with Gasteiger partial charge in [0.05, 0.1) is 0 Å². The number of halogens is 1. The van der Waals surface area contributed by atoms with E-state index in [1.165, 1.54) is 103 Å². The first kappa shape index (κ1) is 37.0. The van der Waals surface area contributed by atoms with E-state index in [0.29, 0.717) is 11.8 Å². The molecule has 4 fully saturated rings. The van der Waals surface area contributed by atoms with Crippen LogP contribution in [0.4, 0.5) is 21.5 Å². The summed E-state index contributed by atoms with van der Waals surface area (Å²) in [5.41, 5.74) is 12.6. The lowest BCUT2D eigenvalue weighted by Gasteiger charge is -2.61. The van der Waals surface area contributed by atoms with Crippen LogP contribution in [0.25, 0.3) is 64.0 Å². The molecule has 304 valence electrons. The number of hydrogen-bond donors (Lipinski definition) is 0. The van der Waals surface area contributed by atoms with Crippen molar-refractivity contribution in [3.63, 3.8) is 0 Å². The smallest absolute Gasteiger partial charge is 0.123 e. The van der Waals surface area contributed by atoms with Crippen LogP contribution in [0, 0.1) is 29.5 Å². The van der Waals surface area contributed by atoms with Gasteiger partial charge in [0.15, 0.2) is 0 Å². The van der Waals surface area contributed by atoms with Crippen molar-refractivity contribution in [3.8, 4) is 11.1 Å². The second-order valence-corrected chi connectivity index (χ2v) is 19.7. The van der Waals surface area contributed by atoms with E-state index in [9.17, 15) is 4.39 Å². The highest BCUT2D eigenvalue weighted by molar-refractivity contribution is 7.25. The lowest BCUT2D eigenvalue weighted by atomic mass is 9.42. The molecule has 14 rings (SSSR count). The number of thiophene rings is 1. The summed E-state index contributed by atoms with van der Waals surface area (Å²) in [6.45, 7) is 4.14. The van der Waals surface area contributed by atoms with Crippen molar-refractivity contribution in [3.05, 3.63) is 211 Å². The van der Waals surface area contributed by atoms with Gasteiger partial charge >= 0.3 is 0 Å². The summed E-state index contributed by atoms with van der Waals surface area (Å²) in [6, 6.07) is 59.4. The van der Waals surface area contributed by atoms with E-state index in [0.717, 1.165) is 40.0 Å². The highest BCUT2D eigenvalue weighted by Crippen LogP contribution is 2.71. The average Bonchev–Trinajstić information content (AvgIpc) is 3.83. The van der Waals surface area contributed by atoms with Crippen molar-refractivity contribution in [2.75, 3.05) is 4.90 Å². The standard InChI is InChI=1S/C60H46FNS/c1-2-3-11-53-50-13-6-8-15-56(50)60(42-30-37-29-38(32-42)33-43(60)31-37)59(53)55-34-41-10-4-5-12-48(41)54-35-46(25-27-49(54)55)62(45-23-19-40(20-24-45)39-17-21-44(61)22-18-39)47-26-28-52-51-14-7-9-16-57(51)63-58(52)36-47/h2-28,34-38,42-43H,1,29-33H2/b11-3-. The van der Waals surface area contributed by atoms with Crippen molar-refractivity contribution >= 4 is 81.3 Å². The van der Waals surface area contributed by atoms with E-state index in [2.05, 4.69) is 163 Å². The summed E-state index contributed by atoms with van der Waals surface area (Å²) in [5, 5.41) is 7.70. The largest absolute Gasteiger partial charge is 0.310 e. The lowest BCUT2D eigenvalue weighted by molar-refractivity contribution is -0.0324. The maximum Gasteiger partial charge on any atom is 0.123 e. The fraction of sp³-hybridized carbons (Fsp3) is 0.167. The molecule has 9 aromatic rings. The van der Waals surface area contributed by atoms with Crippen LogP contribution in [0.15, 0.2) is 189 Å². The third kappa shape index (κ3) is 5.58. The SMILES string of the molecule is C=C/C=C\C1=C(c2cc3ccccc3c3cc(N(c4ccc(-c5ccc(F)cc5)cc4)c4ccc5c(c4)sc4ccccc45)ccc23)C2(c3ccccc31)C1CC3CC(C1)CC2C3. The Bertz CT molecular complexity index is 3360. The first-order chi connectivity index (χ1) is 31.0. The van der Waals surface area contributed by atoms with Gasteiger partial charge in [0.1, 0.15) is 5.82 Å². The Balaban J connectivity index is 1.04. The molecule has 1 spiro atoms. The summed E-state index contributed by atoms with van der Waals surface area (Å²) in [4.78, 5) is 2.42. The molecule has 4 bridgehead atoms. The van der Waals surface area contributed by atoms with E-state index in [-0.39, 0.29) is 11.2 Å². The third-order valence-corrected chi connectivity index (χ3v) is 16.6. The van der Waals surface area contributed by atoms with Gasteiger partial charge in [-0.3, -0.25) is 0 Å². The molecule has 0 radical (unpaired) electrons. The van der Waals surface area contributed by atoms with Gasteiger partial charge < -0.3 is 4.90 Å². The van der Waals surface area contributed by atoms with Gasteiger partial charge in [-0.1, -0.05) is 128 Å². The van der Waals surface area contributed by atoms with Crippen LogP contribution in [0.1, 0.15) is 48.8 Å². The van der Waals surface area contributed by atoms with E-state index in [1.807, 2.05) is 29.5 Å². The number of anilines is 3. The van der Waals surface area contributed by atoms with E-state index >= 15 is 0 Å². The summed E-state index contributed by atoms with van der Waals surface area (Å²) in [7, 11) is 0. The highest BCUT2D eigenvalue weighted by Gasteiger charge is 2.62. The normalized spacial score (nSPS) is 22.4. The third-order valence-electron chi connectivity index (χ3n) is 15.5. The van der Waals surface area contributed by atoms with E-state index < -0.39 is 0 Å². The molecule has 5 aliphatic rings. The summed E-state index contributed by atoms with van der Waals surface area (Å²) in [5.74, 6) is 2.77. The zero-order chi connectivity index (χ0) is 41.8. The van der Waals surface area contributed by atoms with Crippen molar-refractivity contribution in [1.82, 2.24) is 0 Å². The predicted octanol–water partition coefficient (Wildman–Crippen LogP) is 17.0. The van der Waals surface area contributed by atoms with Crippen LogP contribution in [-0.2, 0) is 5.41 Å². The van der Waals surface area contributed by atoms with Gasteiger partial charge in [-0.05, 0) is 177 Å². The molecular formula is C60H46FNS. The Morgan fingerprint density at radius 3 is 1.92 bits per heavy atom. The van der Waals surface area contributed by atoms with Crippen LogP contribution in [0.3, 0.4) is 0 Å². The van der Waals surface area contributed by atoms with Crippen LogP contribution >= 0.6 is 11.3 Å². The Kier molecular flexibility index (Phi) is 8.37. The molecule has 0 amide bonds. The second-order valence-electron chi connectivity index (χ2n) is 18.6. The molecule has 63 heavy (non-hydrogen) atoms. The van der Waals surface area contributed by atoms with Gasteiger partial charge in [-0.25, -0.2) is 4.39 Å². The zero-order valence-corrected chi connectivity index (χ0v) is 35.9. The van der Waals surface area contributed by atoms with Gasteiger partial charge in [-0.15, -0.1) is 11.3 Å². The molecule has 3 heteroatoms. The molecule has 1 aromatic heterocycles. The topological polar surface area (TPSA) is 3.24 Å². The second kappa shape index (κ2) is 14.2. The molecule has 8 aromatic carbocycles. The van der Waals surface area contributed by atoms with Gasteiger partial charge in [0.25, 0.3) is 0 Å². The Morgan fingerprint density at radius 2 is 1.16 bits per heavy atom. The van der Waals surface area contributed by atoms with E-state index in [4.69, 9.17) is 0 Å². The van der Waals surface area contributed by atoms with Gasteiger partial charge in [-0.2, -0.15) is 0 Å². The van der Waals surface area contributed by atoms with Crippen molar-refractivity contribution in [1.29, 1.82) is 0 Å². The lowest BCUT2D eigenvalue weighted by Crippen LogP contribution is -2.55. The first-order valence-electron chi connectivity index (χ1n) is 22.7. The quantitative estimate of drug-likeness (QED) is 0.114. The summed E-state index contributed by atoms with van der Waals surface area (Å²) in [6.07, 6.45) is 13.2. The van der Waals surface area contributed by atoms with Gasteiger partial charge in [0, 0.05) is 42.6 Å². The van der Waals surface area contributed by atoms with Crippen LogP contribution in [0.2, 0.25) is 0 Å². The van der Waals surface area contributed by atoms with Crippen LogP contribution in [-0.4, -0.2) is 0 Å². The molecule has 1 nitrogen and oxygen atoms in total. The van der Waals surface area contributed by atoms with Crippen LogP contribution < -0.4 is 4.90 Å². The minimum atomic E-state index is -0.225. The fourth-order valence-electron chi connectivity index (χ4n) is 13.2. The Labute approximate surface area is 372 Å². The zero-order valence-electron chi connectivity index (χ0n) is 35.1. The maximum atomic E-state index is 13.9. The number of benzene rings is 8. The monoisotopic (exact) mass is 831 g/mol. The molecule has 4 saturated carbocycles. The molecule has 5 aliphatic carbocycles. The fourth-order valence-corrected chi connectivity index (χ4v) is 14.4. The Morgan fingerprint density at radius 1 is 0.540 bits per heavy atom. The minimum Gasteiger partial charge on any atom is -0.310 e. The molecule has 1 heterocycles. The molecule has 0 saturated heterocycles. The summed E-state index contributed by atoms with van der Waals surface area (Å²) >= 11 is 1.85. The predicted molar refractivity (Wildman–Crippen MR) is 266 cm³/mol. The average molecular weight is 832 g/mol. The van der Waals surface area contributed by atoms with Crippen molar-refractivity contribution in [2.24, 2.45) is 23.7 Å². The van der Waals surface area contributed by atoms with Crippen molar-refractivity contribution < 1.29 is 4.39 Å². The number of hydrogen-bond acceptors (Lipinski definition) is 2. The highest BCUT2D eigenvalue weighted by atomic mass is 32.1. The minimum absolute atomic E-state index is 0.0170. The Hall–Kier alpha value is -6.55. The van der Waals surface area contributed by atoms with E-state index in [1.54, 1.807) is 11.1 Å². The number of rotatable bonds is 7. The van der Waals surface area contributed by atoms with Gasteiger partial charge in [0.2, 0.25) is 0 Å². The van der Waals surface area contributed by atoms with Crippen molar-refractivity contribution in [2.45, 2.75) is 37.5 Å².